The van der Waals surface area contributed by atoms with Crippen LogP contribution >= 0.6 is 0 Å². The van der Waals surface area contributed by atoms with Crippen molar-refractivity contribution in [3.8, 4) is 0 Å². The number of carbonyl (C=O) groups is 3. The van der Waals surface area contributed by atoms with Gasteiger partial charge in [-0.15, -0.1) is 0 Å². The van der Waals surface area contributed by atoms with Crippen molar-refractivity contribution >= 4 is 17.7 Å². The summed E-state index contributed by atoms with van der Waals surface area (Å²) in [4.78, 5) is 41.9. The summed E-state index contributed by atoms with van der Waals surface area (Å²) in [6.07, 6.45) is 7.77. The van der Waals surface area contributed by atoms with Crippen molar-refractivity contribution in [3.05, 3.63) is 12.2 Å². The molecule has 3 amide bonds. The SMILES string of the molecule is CCC[C@@H]1C=C[C@H]2[C@H](C(=O)N(CCCCO)[C@@H]2C(=O)NC(C)(C)CC(C)(C)C)[C@@H]1C(=O)NC. The Morgan fingerprint density at radius 3 is 2.30 bits per heavy atom. The van der Waals surface area contributed by atoms with E-state index in [0.717, 1.165) is 19.3 Å². The van der Waals surface area contributed by atoms with Crippen molar-refractivity contribution in [2.75, 3.05) is 20.2 Å². The number of amides is 3. The zero-order valence-corrected chi connectivity index (χ0v) is 21.6. The maximum absolute atomic E-state index is 13.7. The molecule has 33 heavy (non-hydrogen) atoms. The fraction of sp³-hybridized carbons (Fsp3) is 0.808. The van der Waals surface area contributed by atoms with Crippen molar-refractivity contribution in [1.29, 1.82) is 0 Å². The standard InChI is InChI=1S/C26H45N3O4/c1-8-11-17-12-13-18-20(19(17)22(31)27-7)24(33)29(14-9-10-15-30)21(18)23(32)28-26(5,6)16-25(2,3)4/h12-13,17-21,30H,8-11,14-16H2,1-7H3,(H,27,31)(H,28,32)/t17-,18+,19-,20+,21+/m1/s1. The number of rotatable bonds is 10. The maximum atomic E-state index is 13.7. The van der Waals surface area contributed by atoms with Crippen LogP contribution < -0.4 is 10.6 Å². The number of hydrogen-bond donors (Lipinski definition) is 3. The quantitative estimate of drug-likeness (QED) is 0.343. The van der Waals surface area contributed by atoms with Gasteiger partial charge in [-0.3, -0.25) is 14.4 Å². The molecule has 0 aromatic heterocycles. The molecular weight excluding hydrogens is 418 g/mol. The number of carbonyl (C=O) groups excluding carboxylic acids is 3. The van der Waals surface area contributed by atoms with Gasteiger partial charge in [0.1, 0.15) is 6.04 Å². The van der Waals surface area contributed by atoms with Gasteiger partial charge in [0.25, 0.3) is 0 Å². The molecule has 1 saturated heterocycles. The Morgan fingerprint density at radius 2 is 1.76 bits per heavy atom. The molecule has 188 valence electrons. The zero-order chi connectivity index (χ0) is 25.0. The van der Waals surface area contributed by atoms with E-state index in [-0.39, 0.29) is 41.6 Å². The molecule has 7 nitrogen and oxygen atoms in total. The van der Waals surface area contributed by atoms with Crippen LogP contribution in [0.5, 0.6) is 0 Å². The molecule has 0 bridgehead atoms. The van der Waals surface area contributed by atoms with Gasteiger partial charge in [0, 0.05) is 31.7 Å². The Labute approximate surface area is 199 Å². The molecule has 0 saturated carbocycles. The number of allylic oxidation sites excluding steroid dienone is 1. The van der Waals surface area contributed by atoms with E-state index in [9.17, 15) is 19.5 Å². The number of fused-ring (bicyclic) bond motifs is 1. The molecule has 1 aliphatic heterocycles. The first-order valence-electron chi connectivity index (χ1n) is 12.5. The van der Waals surface area contributed by atoms with Crippen molar-refractivity contribution in [2.45, 2.75) is 85.2 Å². The second-order valence-electron chi connectivity index (χ2n) is 11.6. The van der Waals surface area contributed by atoms with Crippen LogP contribution in [0, 0.1) is 29.1 Å². The predicted molar refractivity (Wildman–Crippen MR) is 130 cm³/mol. The van der Waals surface area contributed by atoms with Gasteiger partial charge in [-0.1, -0.05) is 46.3 Å². The first-order valence-corrected chi connectivity index (χ1v) is 12.5. The minimum Gasteiger partial charge on any atom is -0.396 e. The molecule has 0 aromatic carbocycles. The molecule has 0 spiro atoms. The van der Waals surface area contributed by atoms with E-state index in [2.05, 4.69) is 44.4 Å². The van der Waals surface area contributed by atoms with Crippen LogP contribution in [0.15, 0.2) is 12.2 Å². The highest BCUT2D eigenvalue weighted by atomic mass is 16.3. The van der Waals surface area contributed by atoms with E-state index >= 15 is 0 Å². The molecule has 5 atom stereocenters. The van der Waals surface area contributed by atoms with Gasteiger partial charge in [-0.25, -0.2) is 0 Å². The van der Waals surface area contributed by atoms with Gasteiger partial charge >= 0.3 is 0 Å². The smallest absolute Gasteiger partial charge is 0.243 e. The second-order valence-corrected chi connectivity index (χ2v) is 11.6. The van der Waals surface area contributed by atoms with E-state index in [0.29, 0.717) is 19.4 Å². The monoisotopic (exact) mass is 463 g/mol. The van der Waals surface area contributed by atoms with Gasteiger partial charge in [0.2, 0.25) is 17.7 Å². The molecule has 3 N–H and O–H groups in total. The topological polar surface area (TPSA) is 98.7 Å². The largest absolute Gasteiger partial charge is 0.396 e. The Bertz CT molecular complexity index is 740. The fourth-order valence-corrected chi connectivity index (χ4v) is 6.04. The van der Waals surface area contributed by atoms with Crippen LogP contribution in [0.25, 0.3) is 0 Å². The molecular formula is C26H45N3O4. The van der Waals surface area contributed by atoms with Gasteiger partial charge < -0.3 is 20.6 Å². The van der Waals surface area contributed by atoms with Crippen LogP contribution in [0.3, 0.4) is 0 Å². The Balaban J connectivity index is 2.41. The predicted octanol–water partition coefficient (Wildman–Crippen LogP) is 2.88. The number of nitrogens with one attached hydrogen (secondary N) is 2. The fourth-order valence-electron chi connectivity index (χ4n) is 6.04. The molecule has 7 heteroatoms. The minimum absolute atomic E-state index is 0.0152. The highest BCUT2D eigenvalue weighted by Crippen LogP contribution is 2.45. The van der Waals surface area contributed by atoms with Crippen molar-refractivity contribution in [3.63, 3.8) is 0 Å². The zero-order valence-electron chi connectivity index (χ0n) is 21.6. The molecule has 1 heterocycles. The van der Waals surface area contributed by atoms with Crippen LogP contribution in [-0.2, 0) is 14.4 Å². The van der Waals surface area contributed by atoms with Crippen LogP contribution in [0.1, 0.15) is 73.6 Å². The molecule has 0 radical (unpaired) electrons. The van der Waals surface area contributed by atoms with Crippen molar-refractivity contribution < 1.29 is 19.5 Å². The highest BCUT2D eigenvalue weighted by molar-refractivity contribution is 5.97. The van der Waals surface area contributed by atoms with Crippen LogP contribution in [0.2, 0.25) is 0 Å². The third-order valence-corrected chi connectivity index (χ3v) is 6.79. The number of unbranched alkanes of at least 4 members (excludes halogenated alkanes) is 1. The summed E-state index contributed by atoms with van der Waals surface area (Å²) in [6.45, 7) is 13.0. The van der Waals surface area contributed by atoms with Gasteiger partial charge in [0.15, 0.2) is 0 Å². The number of nitrogens with zero attached hydrogens (tertiary/aromatic N) is 1. The first kappa shape index (κ1) is 27.4. The summed E-state index contributed by atoms with van der Waals surface area (Å²) in [7, 11) is 1.61. The van der Waals surface area contributed by atoms with Gasteiger partial charge in [0.05, 0.1) is 11.8 Å². The molecule has 1 aliphatic carbocycles. The van der Waals surface area contributed by atoms with Crippen molar-refractivity contribution in [1.82, 2.24) is 15.5 Å². The minimum atomic E-state index is -0.647. The number of aliphatic hydroxyl groups is 1. The average molecular weight is 464 g/mol. The molecule has 0 aromatic rings. The molecule has 1 fully saturated rings. The summed E-state index contributed by atoms with van der Waals surface area (Å²) in [6, 6.07) is -0.647. The number of likely N-dealkylation sites (tertiary alicyclic amines) is 1. The van der Waals surface area contributed by atoms with Gasteiger partial charge in [-0.2, -0.15) is 0 Å². The number of hydrogen-bond acceptors (Lipinski definition) is 4. The second kappa shape index (κ2) is 11.0. The summed E-state index contributed by atoms with van der Waals surface area (Å²) in [5.41, 5.74) is -0.398. The first-order chi connectivity index (χ1) is 15.4. The maximum Gasteiger partial charge on any atom is 0.243 e. The molecule has 2 rings (SSSR count). The van der Waals surface area contributed by atoms with E-state index in [4.69, 9.17) is 0 Å². The van der Waals surface area contributed by atoms with Crippen LogP contribution in [0.4, 0.5) is 0 Å². The van der Waals surface area contributed by atoms with E-state index < -0.39 is 23.4 Å². The van der Waals surface area contributed by atoms with E-state index in [1.54, 1.807) is 11.9 Å². The summed E-state index contributed by atoms with van der Waals surface area (Å²) in [5.74, 6) is -1.79. The molecule has 0 unspecified atom stereocenters. The molecule has 2 aliphatic rings. The average Bonchev–Trinajstić information content (AvgIpc) is 2.97. The summed E-state index contributed by atoms with van der Waals surface area (Å²) >= 11 is 0. The number of aliphatic hydroxyl groups excluding tert-OH is 1. The summed E-state index contributed by atoms with van der Waals surface area (Å²) in [5, 5.41) is 15.2. The van der Waals surface area contributed by atoms with E-state index in [1.165, 1.54) is 0 Å². The lowest BCUT2D eigenvalue weighted by atomic mass is 9.68. The Kier molecular flexibility index (Phi) is 9.14. The highest BCUT2D eigenvalue weighted by Gasteiger charge is 2.57. The van der Waals surface area contributed by atoms with Gasteiger partial charge in [-0.05, 0) is 50.9 Å². The Hall–Kier alpha value is -1.89. The van der Waals surface area contributed by atoms with E-state index in [1.807, 2.05) is 19.9 Å². The third-order valence-electron chi connectivity index (χ3n) is 6.79. The van der Waals surface area contributed by atoms with Crippen molar-refractivity contribution in [2.24, 2.45) is 29.1 Å². The lowest BCUT2D eigenvalue weighted by Crippen LogP contribution is -2.54. The normalized spacial score (nSPS) is 27.5. The lowest BCUT2D eigenvalue weighted by Gasteiger charge is -2.37. The Morgan fingerprint density at radius 1 is 1.09 bits per heavy atom. The third kappa shape index (κ3) is 6.58. The van der Waals surface area contributed by atoms with Crippen LogP contribution in [-0.4, -0.2) is 59.5 Å². The summed E-state index contributed by atoms with van der Waals surface area (Å²) < 4.78 is 0. The lowest BCUT2D eigenvalue weighted by molar-refractivity contribution is -0.141.